The number of allylic oxidation sites excluding steroid dienone is 1. The van der Waals surface area contributed by atoms with E-state index < -0.39 is 0 Å². The minimum absolute atomic E-state index is 0.0287. The molecule has 1 aliphatic rings. The first-order valence-corrected chi connectivity index (χ1v) is 4.92. The molecule has 4 heteroatoms. The zero-order valence-electron chi connectivity index (χ0n) is 8.71. The van der Waals surface area contributed by atoms with Crippen molar-refractivity contribution in [2.24, 2.45) is 0 Å². The molecular formula is C10H18N2O2. The highest BCUT2D eigenvalue weighted by atomic mass is 16.3. The summed E-state index contributed by atoms with van der Waals surface area (Å²) in [4.78, 5) is 11.5. The SMILES string of the molecule is CC(C)=CCNC(=O)C1CC(O)CN1. The Morgan fingerprint density at radius 1 is 1.64 bits per heavy atom. The van der Waals surface area contributed by atoms with Crippen molar-refractivity contribution < 1.29 is 9.90 Å². The summed E-state index contributed by atoms with van der Waals surface area (Å²) < 4.78 is 0. The number of rotatable bonds is 3. The van der Waals surface area contributed by atoms with Gasteiger partial charge in [-0.05, 0) is 20.3 Å². The van der Waals surface area contributed by atoms with E-state index in [1.165, 1.54) is 5.57 Å². The van der Waals surface area contributed by atoms with Crippen LogP contribution in [0.2, 0.25) is 0 Å². The smallest absolute Gasteiger partial charge is 0.237 e. The molecule has 4 nitrogen and oxygen atoms in total. The second kappa shape index (κ2) is 5.12. The van der Waals surface area contributed by atoms with Crippen molar-refractivity contribution in [1.29, 1.82) is 0 Å². The second-order valence-corrected chi connectivity index (χ2v) is 3.88. The maximum absolute atomic E-state index is 11.5. The maximum atomic E-state index is 11.5. The molecular weight excluding hydrogens is 180 g/mol. The summed E-state index contributed by atoms with van der Waals surface area (Å²) in [5.41, 5.74) is 1.18. The molecule has 1 saturated heterocycles. The molecule has 1 heterocycles. The lowest BCUT2D eigenvalue weighted by atomic mass is 10.2. The van der Waals surface area contributed by atoms with Crippen molar-refractivity contribution in [2.75, 3.05) is 13.1 Å². The van der Waals surface area contributed by atoms with Crippen LogP contribution in [-0.2, 0) is 4.79 Å². The number of hydrogen-bond donors (Lipinski definition) is 3. The number of amides is 1. The normalized spacial score (nSPS) is 25.9. The van der Waals surface area contributed by atoms with E-state index in [9.17, 15) is 9.90 Å². The quantitative estimate of drug-likeness (QED) is 0.550. The third kappa shape index (κ3) is 3.47. The second-order valence-electron chi connectivity index (χ2n) is 3.88. The standard InChI is InChI=1S/C10H18N2O2/c1-7(2)3-4-11-10(14)9-5-8(13)6-12-9/h3,8-9,12-13H,4-6H2,1-2H3,(H,11,14). The van der Waals surface area contributed by atoms with Gasteiger partial charge in [0.25, 0.3) is 0 Å². The van der Waals surface area contributed by atoms with Gasteiger partial charge in [0.1, 0.15) is 0 Å². The van der Waals surface area contributed by atoms with Gasteiger partial charge in [0.2, 0.25) is 5.91 Å². The largest absolute Gasteiger partial charge is 0.392 e. The van der Waals surface area contributed by atoms with E-state index in [-0.39, 0.29) is 18.1 Å². The summed E-state index contributed by atoms with van der Waals surface area (Å²) in [7, 11) is 0. The molecule has 1 aliphatic heterocycles. The van der Waals surface area contributed by atoms with E-state index in [2.05, 4.69) is 10.6 Å². The highest BCUT2D eigenvalue weighted by Gasteiger charge is 2.27. The van der Waals surface area contributed by atoms with Crippen LogP contribution in [-0.4, -0.2) is 36.2 Å². The summed E-state index contributed by atoms with van der Waals surface area (Å²) in [6.45, 7) is 5.06. The lowest BCUT2D eigenvalue weighted by Crippen LogP contribution is -2.40. The predicted octanol–water partition coefficient (Wildman–Crippen LogP) is -0.208. The first-order valence-electron chi connectivity index (χ1n) is 4.92. The van der Waals surface area contributed by atoms with E-state index in [1.807, 2.05) is 19.9 Å². The Bertz CT molecular complexity index is 234. The van der Waals surface area contributed by atoms with Crippen molar-refractivity contribution in [3.63, 3.8) is 0 Å². The minimum Gasteiger partial charge on any atom is -0.392 e. The summed E-state index contributed by atoms with van der Waals surface area (Å²) >= 11 is 0. The van der Waals surface area contributed by atoms with Crippen LogP contribution in [0, 0.1) is 0 Å². The maximum Gasteiger partial charge on any atom is 0.237 e. The molecule has 0 aromatic heterocycles. The number of β-amino-alcohol motifs (C(OH)–C–C–N with tert-alkyl or cyclic N) is 1. The molecule has 0 aromatic rings. The van der Waals surface area contributed by atoms with Gasteiger partial charge < -0.3 is 15.7 Å². The zero-order chi connectivity index (χ0) is 10.6. The van der Waals surface area contributed by atoms with Crippen LogP contribution in [0.5, 0.6) is 0 Å². The van der Waals surface area contributed by atoms with Gasteiger partial charge >= 0.3 is 0 Å². The number of aliphatic hydroxyl groups is 1. The Morgan fingerprint density at radius 2 is 2.36 bits per heavy atom. The fourth-order valence-electron chi connectivity index (χ4n) is 1.40. The Morgan fingerprint density at radius 3 is 2.86 bits per heavy atom. The van der Waals surface area contributed by atoms with Crippen LogP contribution < -0.4 is 10.6 Å². The van der Waals surface area contributed by atoms with Gasteiger partial charge in [0.15, 0.2) is 0 Å². The van der Waals surface area contributed by atoms with Gasteiger partial charge in [-0.25, -0.2) is 0 Å². The molecule has 80 valence electrons. The Labute approximate surface area is 84.4 Å². The fourth-order valence-corrected chi connectivity index (χ4v) is 1.40. The van der Waals surface area contributed by atoms with Crippen LogP contribution in [0.1, 0.15) is 20.3 Å². The average molecular weight is 198 g/mol. The van der Waals surface area contributed by atoms with Gasteiger partial charge in [-0.3, -0.25) is 4.79 Å². The fraction of sp³-hybridized carbons (Fsp3) is 0.700. The topological polar surface area (TPSA) is 61.4 Å². The van der Waals surface area contributed by atoms with Crippen molar-refractivity contribution in [2.45, 2.75) is 32.4 Å². The molecule has 1 fully saturated rings. The number of hydrogen-bond acceptors (Lipinski definition) is 3. The van der Waals surface area contributed by atoms with E-state index in [0.29, 0.717) is 19.5 Å². The highest BCUT2D eigenvalue weighted by molar-refractivity contribution is 5.82. The van der Waals surface area contributed by atoms with Crippen LogP contribution in [0.3, 0.4) is 0 Å². The average Bonchev–Trinajstić information content (AvgIpc) is 2.51. The summed E-state index contributed by atoms with van der Waals surface area (Å²) in [6.07, 6.45) is 2.10. The third-order valence-corrected chi connectivity index (χ3v) is 2.21. The number of nitrogens with one attached hydrogen (secondary N) is 2. The van der Waals surface area contributed by atoms with Gasteiger partial charge in [-0.1, -0.05) is 11.6 Å². The van der Waals surface area contributed by atoms with Crippen LogP contribution >= 0.6 is 0 Å². The number of carbonyl (C=O) groups excluding carboxylic acids is 1. The number of aliphatic hydroxyl groups excluding tert-OH is 1. The molecule has 0 radical (unpaired) electrons. The Balaban J connectivity index is 2.25. The van der Waals surface area contributed by atoms with E-state index in [4.69, 9.17) is 0 Å². The van der Waals surface area contributed by atoms with Crippen molar-refractivity contribution in [1.82, 2.24) is 10.6 Å². The Hall–Kier alpha value is -0.870. The summed E-state index contributed by atoms with van der Waals surface area (Å²) in [5.74, 6) is -0.0287. The molecule has 0 aliphatic carbocycles. The minimum atomic E-state index is -0.380. The molecule has 0 spiro atoms. The number of carbonyl (C=O) groups is 1. The first kappa shape index (κ1) is 11.2. The van der Waals surface area contributed by atoms with E-state index in [1.54, 1.807) is 0 Å². The Kier molecular flexibility index (Phi) is 4.10. The molecule has 2 atom stereocenters. The monoisotopic (exact) mass is 198 g/mol. The van der Waals surface area contributed by atoms with Crippen molar-refractivity contribution >= 4 is 5.91 Å². The molecule has 3 N–H and O–H groups in total. The molecule has 0 aromatic carbocycles. The molecule has 2 unspecified atom stereocenters. The van der Waals surface area contributed by atoms with Gasteiger partial charge in [0, 0.05) is 13.1 Å². The predicted molar refractivity (Wildman–Crippen MR) is 54.9 cm³/mol. The van der Waals surface area contributed by atoms with Gasteiger partial charge in [-0.2, -0.15) is 0 Å². The van der Waals surface area contributed by atoms with E-state index in [0.717, 1.165) is 0 Å². The van der Waals surface area contributed by atoms with Crippen LogP contribution in [0.4, 0.5) is 0 Å². The molecule has 14 heavy (non-hydrogen) atoms. The summed E-state index contributed by atoms with van der Waals surface area (Å²) in [6, 6.07) is -0.226. The van der Waals surface area contributed by atoms with Crippen LogP contribution in [0.15, 0.2) is 11.6 Å². The van der Waals surface area contributed by atoms with Gasteiger partial charge in [-0.15, -0.1) is 0 Å². The van der Waals surface area contributed by atoms with Crippen molar-refractivity contribution in [3.8, 4) is 0 Å². The first-order chi connectivity index (χ1) is 6.59. The third-order valence-electron chi connectivity index (χ3n) is 2.21. The van der Waals surface area contributed by atoms with Crippen LogP contribution in [0.25, 0.3) is 0 Å². The van der Waals surface area contributed by atoms with Crippen molar-refractivity contribution in [3.05, 3.63) is 11.6 Å². The lowest BCUT2D eigenvalue weighted by molar-refractivity contribution is -0.122. The zero-order valence-corrected chi connectivity index (χ0v) is 8.71. The molecule has 1 rings (SSSR count). The molecule has 0 bridgehead atoms. The molecule has 1 amide bonds. The lowest BCUT2D eigenvalue weighted by Gasteiger charge is -2.09. The molecule has 0 saturated carbocycles. The highest BCUT2D eigenvalue weighted by Crippen LogP contribution is 2.05. The summed E-state index contributed by atoms with van der Waals surface area (Å²) in [5, 5.41) is 15.0. The van der Waals surface area contributed by atoms with E-state index >= 15 is 0 Å². The van der Waals surface area contributed by atoms with Gasteiger partial charge in [0.05, 0.1) is 12.1 Å².